The Balaban J connectivity index is 1.35. The maximum absolute atomic E-state index is 13.1. The van der Waals surface area contributed by atoms with Gasteiger partial charge in [0.2, 0.25) is 15.9 Å². The van der Waals surface area contributed by atoms with Crippen LogP contribution in [0.2, 0.25) is 5.02 Å². The van der Waals surface area contributed by atoms with Crippen LogP contribution in [0.15, 0.2) is 47.4 Å². The molecule has 0 spiro atoms. The average Bonchev–Trinajstić information content (AvgIpc) is 2.84. The summed E-state index contributed by atoms with van der Waals surface area (Å²) in [6.07, 6.45) is 0. The largest absolute Gasteiger partial charge is 0.486 e. The van der Waals surface area contributed by atoms with Crippen molar-refractivity contribution in [2.24, 2.45) is 0 Å². The highest BCUT2D eigenvalue weighted by molar-refractivity contribution is 7.89. The molecule has 10 heteroatoms. The molecule has 0 radical (unpaired) electrons. The minimum atomic E-state index is -3.68. The molecule has 1 saturated heterocycles. The number of hydrogen-bond acceptors (Lipinski definition) is 6. The Morgan fingerprint density at radius 3 is 2.42 bits per heavy atom. The predicted octanol–water partition coefficient (Wildman–Crippen LogP) is 2.47. The molecule has 2 heterocycles. The van der Waals surface area contributed by atoms with Crippen molar-refractivity contribution in [2.45, 2.75) is 18.4 Å². The fourth-order valence-corrected chi connectivity index (χ4v) is 5.58. The summed E-state index contributed by atoms with van der Waals surface area (Å²) in [6, 6.07) is 12.3. The molecule has 8 nitrogen and oxygen atoms in total. The van der Waals surface area contributed by atoms with Crippen LogP contribution in [0, 0.1) is 0 Å². The lowest BCUT2D eigenvalue weighted by molar-refractivity contribution is -0.133. The smallest absolute Gasteiger partial charge is 0.243 e. The minimum absolute atomic E-state index is 0.0136. The number of carbonyl (C=O) groups is 1. The average molecular weight is 494 g/mol. The van der Waals surface area contributed by atoms with Crippen molar-refractivity contribution in [3.63, 3.8) is 0 Å². The Labute approximate surface area is 199 Å². The topological polar surface area (TPSA) is 79.4 Å². The van der Waals surface area contributed by atoms with E-state index in [0.717, 1.165) is 5.56 Å². The van der Waals surface area contributed by atoms with Gasteiger partial charge in [-0.05, 0) is 30.3 Å². The van der Waals surface area contributed by atoms with Crippen molar-refractivity contribution in [2.75, 3.05) is 52.5 Å². The first-order chi connectivity index (χ1) is 15.9. The minimum Gasteiger partial charge on any atom is -0.486 e. The van der Waals surface area contributed by atoms with Crippen molar-refractivity contribution in [3.05, 3.63) is 53.1 Å². The molecular formula is C23H28ClN3O5S. The number of fused-ring (bicyclic) bond motifs is 1. The molecule has 0 N–H and O–H groups in total. The van der Waals surface area contributed by atoms with E-state index in [0.29, 0.717) is 55.9 Å². The third kappa shape index (κ3) is 5.43. The van der Waals surface area contributed by atoms with Gasteiger partial charge < -0.3 is 14.4 Å². The van der Waals surface area contributed by atoms with E-state index in [-0.39, 0.29) is 30.4 Å². The van der Waals surface area contributed by atoms with Gasteiger partial charge in [-0.25, -0.2) is 8.42 Å². The first-order valence-electron chi connectivity index (χ1n) is 11.0. The number of carbonyl (C=O) groups excluding carboxylic acids is 1. The SMILES string of the molecule is CCN(CC(=O)N1CCN(S(=O)(=O)c2ccc3c(c2)OCCO3)CC1)Cc1ccccc1Cl. The van der Waals surface area contributed by atoms with Crippen molar-refractivity contribution >= 4 is 27.5 Å². The number of likely N-dealkylation sites (N-methyl/N-ethyl adjacent to an activating group) is 1. The molecule has 2 aliphatic rings. The maximum atomic E-state index is 13.1. The van der Waals surface area contributed by atoms with Gasteiger partial charge in [0.1, 0.15) is 13.2 Å². The van der Waals surface area contributed by atoms with Crippen LogP contribution in [0.1, 0.15) is 12.5 Å². The number of sulfonamides is 1. The molecule has 33 heavy (non-hydrogen) atoms. The lowest BCUT2D eigenvalue weighted by atomic mass is 10.2. The molecule has 0 aliphatic carbocycles. The second-order valence-electron chi connectivity index (χ2n) is 7.99. The van der Waals surface area contributed by atoms with Crippen LogP contribution in [-0.4, -0.2) is 80.9 Å². The molecule has 1 amide bonds. The summed E-state index contributed by atoms with van der Waals surface area (Å²) in [4.78, 5) is 16.8. The first kappa shape index (κ1) is 23.8. The second kappa shape index (κ2) is 10.3. The number of ether oxygens (including phenoxy) is 2. The second-order valence-corrected chi connectivity index (χ2v) is 10.3. The van der Waals surface area contributed by atoms with Crippen LogP contribution in [-0.2, 0) is 21.4 Å². The monoisotopic (exact) mass is 493 g/mol. The highest BCUT2D eigenvalue weighted by atomic mass is 35.5. The summed E-state index contributed by atoms with van der Waals surface area (Å²) >= 11 is 6.26. The van der Waals surface area contributed by atoms with Crippen LogP contribution in [0.5, 0.6) is 11.5 Å². The molecule has 0 aromatic heterocycles. The van der Waals surface area contributed by atoms with E-state index in [1.165, 1.54) is 16.4 Å². The fourth-order valence-electron chi connectivity index (χ4n) is 3.95. The normalized spacial score (nSPS) is 16.8. The van der Waals surface area contributed by atoms with Crippen LogP contribution >= 0.6 is 11.6 Å². The molecular weight excluding hydrogens is 466 g/mol. The van der Waals surface area contributed by atoms with Crippen molar-refractivity contribution in [3.8, 4) is 11.5 Å². The lowest BCUT2D eigenvalue weighted by Crippen LogP contribution is -2.52. The quantitative estimate of drug-likeness (QED) is 0.589. The van der Waals surface area contributed by atoms with Gasteiger partial charge in [-0.3, -0.25) is 9.69 Å². The maximum Gasteiger partial charge on any atom is 0.243 e. The highest BCUT2D eigenvalue weighted by Gasteiger charge is 2.31. The lowest BCUT2D eigenvalue weighted by Gasteiger charge is -2.35. The molecule has 2 aliphatic heterocycles. The summed E-state index contributed by atoms with van der Waals surface area (Å²) in [5.74, 6) is 0.975. The van der Waals surface area contributed by atoms with Gasteiger partial charge in [-0.1, -0.05) is 36.7 Å². The third-order valence-electron chi connectivity index (χ3n) is 5.90. The zero-order valence-electron chi connectivity index (χ0n) is 18.6. The van der Waals surface area contributed by atoms with Gasteiger partial charge in [0, 0.05) is 43.8 Å². The molecule has 2 aromatic rings. The molecule has 178 valence electrons. The van der Waals surface area contributed by atoms with E-state index in [4.69, 9.17) is 21.1 Å². The van der Waals surface area contributed by atoms with Crippen molar-refractivity contribution in [1.29, 1.82) is 0 Å². The highest BCUT2D eigenvalue weighted by Crippen LogP contribution is 2.33. The molecule has 0 saturated carbocycles. The molecule has 1 fully saturated rings. The number of piperazine rings is 1. The predicted molar refractivity (Wildman–Crippen MR) is 125 cm³/mol. The number of rotatable bonds is 7. The fraction of sp³-hybridized carbons (Fsp3) is 0.435. The number of amides is 1. The Kier molecular flexibility index (Phi) is 7.43. The van der Waals surface area contributed by atoms with E-state index in [2.05, 4.69) is 0 Å². The Morgan fingerprint density at radius 1 is 1.03 bits per heavy atom. The van der Waals surface area contributed by atoms with Crippen LogP contribution in [0.3, 0.4) is 0 Å². The number of nitrogens with zero attached hydrogens (tertiary/aromatic N) is 3. The zero-order valence-corrected chi connectivity index (χ0v) is 20.1. The Morgan fingerprint density at radius 2 is 1.73 bits per heavy atom. The summed E-state index contributed by atoms with van der Waals surface area (Å²) in [6.45, 7) is 5.59. The van der Waals surface area contributed by atoms with Gasteiger partial charge >= 0.3 is 0 Å². The van der Waals surface area contributed by atoms with Gasteiger partial charge in [0.15, 0.2) is 11.5 Å². The number of halogens is 1. The van der Waals surface area contributed by atoms with E-state index < -0.39 is 10.0 Å². The van der Waals surface area contributed by atoms with Crippen LogP contribution < -0.4 is 9.47 Å². The van der Waals surface area contributed by atoms with Gasteiger partial charge in [0.05, 0.1) is 11.4 Å². The molecule has 0 bridgehead atoms. The molecule has 2 aromatic carbocycles. The van der Waals surface area contributed by atoms with Crippen molar-refractivity contribution < 1.29 is 22.7 Å². The molecule has 0 atom stereocenters. The summed E-state index contributed by atoms with van der Waals surface area (Å²) in [7, 11) is -3.68. The Bertz CT molecular complexity index is 1100. The van der Waals surface area contributed by atoms with E-state index in [1.807, 2.05) is 36.1 Å². The van der Waals surface area contributed by atoms with Gasteiger partial charge in [-0.15, -0.1) is 0 Å². The van der Waals surface area contributed by atoms with Gasteiger partial charge in [0.25, 0.3) is 0 Å². The summed E-state index contributed by atoms with van der Waals surface area (Å²) < 4.78 is 38.6. The standard InChI is InChI=1S/C23H28ClN3O5S/c1-2-25(16-18-5-3-4-6-20(18)24)17-23(28)26-9-11-27(12-10-26)33(29,30)19-7-8-21-22(15-19)32-14-13-31-21/h3-8,15H,2,9-14,16-17H2,1H3. The van der Waals surface area contributed by atoms with Crippen molar-refractivity contribution in [1.82, 2.24) is 14.1 Å². The third-order valence-corrected chi connectivity index (χ3v) is 8.16. The van der Waals surface area contributed by atoms with E-state index in [9.17, 15) is 13.2 Å². The van der Waals surface area contributed by atoms with Crippen LogP contribution in [0.4, 0.5) is 0 Å². The first-order valence-corrected chi connectivity index (χ1v) is 12.8. The number of benzene rings is 2. The van der Waals surface area contributed by atoms with Gasteiger partial charge in [-0.2, -0.15) is 4.31 Å². The van der Waals surface area contributed by atoms with E-state index in [1.54, 1.807) is 11.0 Å². The summed E-state index contributed by atoms with van der Waals surface area (Å²) in [5, 5.41) is 0.682. The van der Waals surface area contributed by atoms with Crippen LogP contribution in [0.25, 0.3) is 0 Å². The molecule has 0 unspecified atom stereocenters. The Hall–Kier alpha value is -2.33. The number of hydrogen-bond donors (Lipinski definition) is 0. The summed E-state index contributed by atoms with van der Waals surface area (Å²) in [5.41, 5.74) is 0.976. The molecule has 4 rings (SSSR count). The van der Waals surface area contributed by atoms with E-state index >= 15 is 0 Å². The zero-order chi connectivity index (χ0) is 23.4.